The third-order valence-electron chi connectivity index (χ3n) is 1.22. The van der Waals surface area contributed by atoms with Crippen molar-refractivity contribution in [2.45, 2.75) is 6.61 Å². The average molecular weight is 148 g/mol. The molecule has 0 aliphatic carbocycles. The summed E-state index contributed by atoms with van der Waals surface area (Å²) in [5.41, 5.74) is 1.53. The zero-order chi connectivity index (χ0) is 8.10. The van der Waals surface area contributed by atoms with Crippen molar-refractivity contribution < 1.29 is 4.84 Å². The van der Waals surface area contributed by atoms with Gasteiger partial charge in [0, 0.05) is 6.20 Å². The first-order valence-electron chi connectivity index (χ1n) is 3.10. The van der Waals surface area contributed by atoms with E-state index in [9.17, 15) is 0 Å². The van der Waals surface area contributed by atoms with E-state index in [1.165, 1.54) is 0 Å². The summed E-state index contributed by atoms with van der Waals surface area (Å²) >= 11 is 0. The molecule has 3 nitrogen and oxygen atoms in total. The van der Waals surface area contributed by atoms with Gasteiger partial charge < -0.3 is 0 Å². The summed E-state index contributed by atoms with van der Waals surface area (Å²) in [7, 11) is 0. The van der Waals surface area contributed by atoms with Crippen LogP contribution < -0.4 is 5.90 Å². The van der Waals surface area contributed by atoms with Gasteiger partial charge in [-0.15, -0.1) is 6.42 Å². The predicted molar refractivity (Wildman–Crippen MR) is 41.1 cm³/mol. The van der Waals surface area contributed by atoms with E-state index in [4.69, 9.17) is 12.3 Å². The first-order valence-corrected chi connectivity index (χ1v) is 3.10. The molecule has 3 heteroatoms. The van der Waals surface area contributed by atoms with E-state index in [2.05, 4.69) is 15.7 Å². The van der Waals surface area contributed by atoms with Gasteiger partial charge in [-0.2, -0.15) is 0 Å². The van der Waals surface area contributed by atoms with E-state index in [-0.39, 0.29) is 0 Å². The number of hydrogen-bond acceptors (Lipinski definition) is 3. The molecule has 0 amide bonds. The Labute approximate surface area is 65.2 Å². The van der Waals surface area contributed by atoms with Crippen LogP contribution in [-0.2, 0) is 11.4 Å². The Balaban J connectivity index is 2.76. The van der Waals surface area contributed by atoms with Crippen molar-refractivity contribution in [3.8, 4) is 12.3 Å². The van der Waals surface area contributed by atoms with Crippen LogP contribution in [0.3, 0.4) is 0 Å². The lowest BCUT2D eigenvalue weighted by molar-refractivity contribution is 0.124. The number of nitrogens with zero attached hydrogens (tertiary/aromatic N) is 1. The molecular formula is C8H8N2O. The van der Waals surface area contributed by atoms with Crippen molar-refractivity contribution in [3.05, 3.63) is 29.6 Å². The van der Waals surface area contributed by atoms with Gasteiger partial charge in [-0.1, -0.05) is 12.0 Å². The number of terminal acetylenes is 1. The second-order valence-electron chi connectivity index (χ2n) is 2.01. The van der Waals surface area contributed by atoms with Crippen LogP contribution in [0.5, 0.6) is 0 Å². The highest BCUT2D eigenvalue weighted by atomic mass is 16.6. The third kappa shape index (κ3) is 2.04. The van der Waals surface area contributed by atoms with E-state index in [1.54, 1.807) is 12.3 Å². The second kappa shape index (κ2) is 3.71. The average Bonchev–Trinajstić information content (AvgIpc) is 2.07. The fourth-order valence-corrected chi connectivity index (χ4v) is 0.691. The van der Waals surface area contributed by atoms with E-state index < -0.39 is 0 Å². The van der Waals surface area contributed by atoms with Crippen LogP contribution in [0.15, 0.2) is 18.3 Å². The van der Waals surface area contributed by atoms with Crippen LogP contribution in [0.1, 0.15) is 11.3 Å². The molecule has 0 aliphatic rings. The van der Waals surface area contributed by atoms with Gasteiger partial charge >= 0.3 is 0 Å². The molecule has 0 saturated carbocycles. The number of nitrogens with two attached hydrogens (primary N) is 1. The number of rotatable bonds is 2. The van der Waals surface area contributed by atoms with E-state index in [1.807, 2.05) is 6.07 Å². The zero-order valence-corrected chi connectivity index (χ0v) is 5.95. The van der Waals surface area contributed by atoms with E-state index in [0.29, 0.717) is 12.3 Å². The largest absolute Gasteiger partial charge is 0.300 e. The Hall–Kier alpha value is -1.37. The SMILES string of the molecule is C#Cc1ccc(CON)cn1. The lowest BCUT2D eigenvalue weighted by Crippen LogP contribution is -1.99. The summed E-state index contributed by atoms with van der Waals surface area (Å²) in [6.45, 7) is 0.359. The topological polar surface area (TPSA) is 48.1 Å². The molecule has 1 aromatic rings. The number of pyridine rings is 1. The van der Waals surface area contributed by atoms with Gasteiger partial charge in [-0.25, -0.2) is 10.9 Å². The highest BCUT2D eigenvalue weighted by Gasteiger charge is 1.91. The van der Waals surface area contributed by atoms with Gasteiger partial charge in [0.1, 0.15) is 5.69 Å². The van der Waals surface area contributed by atoms with Crippen molar-refractivity contribution in [3.63, 3.8) is 0 Å². The maximum Gasteiger partial charge on any atom is 0.112 e. The van der Waals surface area contributed by atoms with Crippen LogP contribution in [0.2, 0.25) is 0 Å². The molecule has 0 saturated heterocycles. The van der Waals surface area contributed by atoms with Crippen molar-refractivity contribution in [1.82, 2.24) is 4.98 Å². The Bertz CT molecular complexity index is 260. The first kappa shape index (κ1) is 7.73. The molecule has 2 N–H and O–H groups in total. The van der Waals surface area contributed by atoms with Gasteiger partial charge in [-0.05, 0) is 11.6 Å². The van der Waals surface area contributed by atoms with Gasteiger partial charge in [0.15, 0.2) is 0 Å². The summed E-state index contributed by atoms with van der Waals surface area (Å²) in [5.74, 6) is 7.28. The molecule has 0 aromatic carbocycles. The molecule has 1 aromatic heterocycles. The summed E-state index contributed by atoms with van der Waals surface area (Å²) in [6.07, 6.45) is 6.75. The molecular weight excluding hydrogens is 140 g/mol. The fourth-order valence-electron chi connectivity index (χ4n) is 0.691. The van der Waals surface area contributed by atoms with Crippen LogP contribution in [0.4, 0.5) is 0 Å². The minimum Gasteiger partial charge on any atom is -0.300 e. The van der Waals surface area contributed by atoms with Crippen molar-refractivity contribution >= 4 is 0 Å². The molecule has 56 valence electrons. The Kier molecular flexibility index (Phi) is 2.61. The van der Waals surface area contributed by atoms with Crippen LogP contribution in [0.25, 0.3) is 0 Å². The standard InChI is InChI=1S/C8H8N2O/c1-2-8-4-3-7(5-10-8)6-11-9/h1,3-5H,6,9H2. The second-order valence-corrected chi connectivity index (χ2v) is 2.01. The van der Waals surface area contributed by atoms with Crippen LogP contribution in [-0.4, -0.2) is 4.98 Å². The van der Waals surface area contributed by atoms with Gasteiger partial charge in [0.25, 0.3) is 0 Å². The Morgan fingerprint density at radius 2 is 2.45 bits per heavy atom. The summed E-state index contributed by atoms with van der Waals surface area (Å²) in [6, 6.07) is 3.57. The van der Waals surface area contributed by atoms with E-state index >= 15 is 0 Å². The van der Waals surface area contributed by atoms with Crippen LogP contribution >= 0.6 is 0 Å². The molecule has 1 heterocycles. The monoisotopic (exact) mass is 148 g/mol. The van der Waals surface area contributed by atoms with Gasteiger partial charge in [-0.3, -0.25) is 4.84 Å². The third-order valence-corrected chi connectivity index (χ3v) is 1.22. The summed E-state index contributed by atoms with van der Waals surface area (Å²) in [4.78, 5) is 8.35. The minimum absolute atomic E-state index is 0.359. The van der Waals surface area contributed by atoms with Crippen LogP contribution in [0, 0.1) is 12.3 Å². The molecule has 11 heavy (non-hydrogen) atoms. The number of aromatic nitrogens is 1. The molecule has 0 spiro atoms. The van der Waals surface area contributed by atoms with Gasteiger partial charge in [0.05, 0.1) is 6.61 Å². The first-order chi connectivity index (χ1) is 5.36. The van der Waals surface area contributed by atoms with E-state index in [0.717, 1.165) is 5.56 Å². The van der Waals surface area contributed by atoms with Crippen molar-refractivity contribution in [2.75, 3.05) is 0 Å². The molecule has 0 bridgehead atoms. The summed E-state index contributed by atoms with van der Waals surface area (Å²) < 4.78 is 0. The molecule has 0 atom stereocenters. The Morgan fingerprint density at radius 3 is 2.91 bits per heavy atom. The predicted octanol–water partition coefficient (Wildman–Crippen LogP) is 0.453. The highest BCUT2D eigenvalue weighted by molar-refractivity contribution is 5.25. The lowest BCUT2D eigenvalue weighted by atomic mass is 10.3. The molecule has 0 radical (unpaired) electrons. The maximum absolute atomic E-state index is 5.11. The number of hydrogen-bond donors (Lipinski definition) is 1. The van der Waals surface area contributed by atoms with Crippen molar-refractivity contribution in [1.29, 1.82) is 0 Å². The smallest absolute Gasteiger partial charge is 0.112 e. The highest BCUT2D eigenvalue weighted by Crippen LogP contribution is 1.99. The summed E-state index contributed by atoms with van der Waals surface area (Å²) in [5, 5.41) is 0. The molecule has 0 fully saturated rings. The minimum atomic E-state index is 0.359. The fraction of sp³-hybridized carbons (Fsp3) is 0.125. The zero-order valence-electron chi connectivity index (χ0n) is 5.95. The maximum atomic E-state index is 5.11. The molecule has 0 aliphatic heterocycles. The molecule has 0 unspecified atom stereocenters. The van der Waals surface area contributed by atoms with Gasteiger partial charge in [0.2, 0.25) is 0 Å². The Morgan fingerprint density at radius 1 is 1.64 bits per heavy atom. The lowest BCUT2D eigenvalue weighted by Gasteiger charge is -1.96. The van der Waals surface area contributed by atoms with Crippen molar-refractivity contribution in [2.24, 2.45) is 5.90 Å². The quantitative estimate of drug-likeness (QED) is 0.489. The molecule has 1 rings (SSSR count). The normalized spacial score (nSPS) is 9.09.